The summed E-state index contributed by atoms with van der Waals surface area (Å²) in [6.45, 7) is 1.35. The highest BCUT2D eigenvalue weighted by molar-refractivity contribution is 6.18. The Morgan fingerprint density at radius 1 is 0.944 bits per heavy atom. The number of hydrogen-bond donors (Lipinski definition) is 2. The lowest BCUT2D eigenvalue weighted by Gasteiger charge is -2.23. The second kappa shape index (κ2) is 11.9. The topological polar surface area (TPSA) is 66.5 Å². The van der Waals surface area contributed by atoms with Crippen molar-refractivity contribution >= 4 is 57.2 Å². The lowest BCUT2D eigenvalue weighted by molar-refractivity contribution is 0.262. The lowest BCUT2D eigenvalue weighted by atomic mass is 10.1. The van der Waals surface area contributed by atoms with E-state index >= 15 is 0 Å². The molecule has 3 aromatic carbocycles. The van der Waals surface area contributed by atoms with Crippen molar-refractivity contribution in [1.29, 1.82) is 0 Å². The first-order valence-corrected chi connectivity index (χ1v) is 12.4. The smallest absolute Gasteiger partial charge is 0.323 e. The number of rotatable bonds is 9. The van der Waals surface area contributed by atoms with Crippen molar-refractivity contribution in [1.82, 2.24) is 4.98 Å². The van der Waals surface area contributed by atoms with E-state index in [1.165, 1.54) is 12.1 Å². The van der Waals surface area contributed by atoms with Gasteiger partial charge in [0.2, 0.25) is 0 Å². The van der Waals surface area contributed by atoms with Crippen molar-refractivity contribution in [2.24, 2.45) is 0 Å². The first-order valence-electron chi connectivity index (χ1n) is 11.3. The maximum atomic E-state index is 13.4. The molecule has 4 rings (SSSR count). The molecule has 0 radical (unpaired) electrons. The zero-order valence-electron chi connectivity index (χ0n) is 19.6. The highest BCUT2D eigenvalue weighted by Gasteiger charge is 2.13. The van der Waals surface area contributed by atoms with Crippen LogP contribution in [0.1, 0.15) is 0 Å². The fourth-order valence-corrected chi connectivity index (χ4v) is 4.23. The number of alkyl halides is 2. The molecule has 0 fully saturated rings. The van der Waals surface area contributed by atoms with Crippen LogP contribution in [-0.4, -0.2) is 43.0 Å². The van der Waals surface area contributed by atoms with E-state index in [0.717, 1.165) is 11.3 Å². The summed E-state index contributed by atoms with van der Waals surface area (Å²) >= 11 is 11.8. The van der Waals surface area contributed by atoms with Crippen LogP contribution in [0, 0.1) is 5.82 Å². The average Bonchev–Trinajstić information content (AvgIpc) is 2.89. The predicted molar refractivity (Wildman–Crippen MR) is 146 cm³/mol. The van der Waals surface area contributed by atoms with Crippen LogP contribution in [0.25, 0.3) is 22.2 Å². The van der Waals surface area contributed by atoms with Gasteiger partial charge in [0.15, 0.2) is 0 Å². The standard InChI is InChI=1S/C27H25Cl2FN4O2/c1-36-22-10-11-24-23(16-22)26(17-25(32-24)18-2-4-19(30)5-3-18)33-27(35)31-20-6-8-21(9-7-20)34(14-12-28)15-13-29/h2-11,16-17H,12-15H2,1H3,(H2,31,32,33,35). The second-order valence-corrected chi connectivity index (χ2v) is 8.69. The number of anilines is 3. The Morgan fingerprint density at radius 3 is 2.28 bits per heavy atom. The zero-order valence-corrected chi connectivity index (χ0v) is 21.1. The summed E-state index contributed by atoms with van der Waals surface area (Å²) in [6.07, 6.45) is 0. The Labute approximate surface area is 219 Å². The average molecular weight is 527 g/mol. The normalized spacial score (nSPS) is 10.8. The van der Waals surface area contributed by atoms with E-state index in [9.17, 15) is 9.18 Å². The fraction of sp³-hybridized carbons (Fsp3) is 0.185. The Hall–Kier alpha value is -3.55. The van der Waals surface area contributed by atoms with Gasteiger partial charge in [0.1, 0.15) is 11.6 Å². The first kappa shape index (κ1) is 25.5. The molecule has 0 bridgehead atoms. The van der Waals surface area contributed by atoms with Gasteiger partial charge in [-0.05, 0) is 72.8 Å². The zero-order chi connectivity index (χ0) is 25.5. The summed E-state index contributed by atoms with van der Waals surface area (Å²) in [7, 11) is 1.58. The molecule has 0 aliphatic heterocycles. The number of hydrogen-bond acceptors (Lipinski definition) is 4. The number of benzene rings is 3. The fourth-order valence-electron chi connectivity index (χ4n) is 3.82. The van der Waals surface area contributed by atoms with E-state index < -0.39 is 6.03 Å². The largest absolute Gasteiger partial charge is 0.497 e. The van der Waals surface area contributed by atoms with Crippen molar-refractivity contribution < 1.29 is 13.9 Å². The molecular weight excluding hydrogens is 502 g/mol. The van der Waals surface area contributed by atoms with Gasteiger partial charge in [0.25, 0.3) is 0 Å². The molecule has 0 saturated carbocycles. The van der Waals surface area contributed by atoms with Gasteiger partial charge in [-0.25, -0.2) is 14.2 Å². The second-order valence-electron chi connectivity index (χ2n) is 7.94. The summed E-state index contributed by atoms with van der Waals surface area (Å²) < 4.78 is 18.8. The molecular formula is C27H25Cl2FN4O2. The molecule has 0 saturated heterocycles. The van der Waals surface area contributed by atoms with Crippen LogP contribution in [0.4, 0.5) is 26.2 Å². The molecule has 6 nitrogen and oxygen atoms in total. The van der Waals surface area contributed by atoms with Crippen LogP contribution < -0.4 is 20.3 Å². The molecule has 36 heavy (non-hydrogen) atoms. The van der Waals surface area contributed by atoms with Gasteiger partial charge in [-0.2, -0.15) is 0 Å². The third-order valence-electron chi connectivity index (χ3n) is 5.60. The molecule has 2 N–H and O–H groups in total. The molecule has 0 unspecified atom stereocenters. The van der Waals surface area contributed by atoms with Crippen LogP contribution in [0.2, 0.25) is 0 Å². The molecule has 0 atom stereocenters. The number of aromatic nitrogens is 1. The van der Waals surface area contributed by atoms with Gasteiger partial charge in [-0.1, -0.05) is 0 Å². The molecule has 1 heterocycles. The molecule has 1 aromatic heterocycles. The maximum absolute atomic E-state index is 13.4. The number of nitrogens with zero attached hydrogens (tertiary/aromatic N) is 2. The van der Waals surface area contributed by atoms with Gasteiger partial charge in [0, 0.05) is 47.2 Å². The number of ether oxygens (including phenoxy) is 1. The Bertz CT molecular complexity index is 1330. The Kier molecular flexibility index (Phi) is 8.46. The van der Waals surface area contributed by atoms with E-state index in [4.69, 9.17) is 27.9 Å². The van der Waals surface area contributed by atoms with Gasteiger partial charge in [-0.15, -0.1) is 23.2 Å². The number of pyridine rings is 1. The number of methoxy groups -OCH3 is 1. The molecule has 186 valence electrons. The van der Waals surface area contributed by atoms with E-state index in [1.807, 2.05) is 36.4 Å². The SMILES string of the molecule is COc1ccc2nc(-c3ccc(F)cc3)cc(NC(=O)Nc3ccc(N(CCCl)CCCl)cc3)c2c1. The summed E-state index contributed by atoms with van der Waals surface area (Å²) in [4.78, 5) is 19.7. The number of amides is 2. The van der Waals surface area contributed by atoms with Crippen molar-refractivity contribution in [3.8, 4) is 17.0 Å². The molecule has 0 aliphatic rings. The molecule has 9 heteroatoms. The minimum atomic E-state index is -0.415. The van der Waals surface area contributed by atoms with Gasteiger partial charge >= 0.3 is 6.03 Å². The number of urea groups is 1. The van der Waals surface area contributed by atoms with E-state index in [0.29, 0.717) is 58.6 Å². The third kappa shape index (κ3) is 6.17. The molecule has 4 aromatic rings. The number of carbonyl (C=O) groups is 1. The first-order chi connectivity index (χ1) is 17.5. The summed E-state index contributed by atoms with van der Waals surface area (Å²) in [5.41, 5.74) is 4.14. The Morgan fingerprint density at radius 2 is 1.64 bits per heavy atom. The maximum Gasteiger partial charge on any atom is 0.323 e. The third-order valence-corrected chi connectivity index (χ3v) is 5.94. The minimum absolute atomic E-state index is 0.332. The van der Waals surface area contributed by atoms with E-state index in [-0.39, 0.29) is 5.82 Å². The van der Waals surface area contributed by atoms with Crippen LogP contribution in [0.5, 0.6) is 5.75 Å². The predicted octanol–water partition coefficient (Wildman–Crippen LogP) is 6.98. The number of halogens is 3. The van der Waals surface area contributed by atoms with Gasteiger partial charge < -0.3 is 20.3 Å². The minimum Gasteiger partial charge on any atom is -0.497 e. The van der Waals surface area contributed by atoms with E-state index in [2.05, 4.69) is 20.5 Å². The van der Waals surface area contributed by atoms with Crippen LogP contribution in [0.15, 0.2) is 72.8 Å². The summed E-state index contributed by atoms with van der Waals surface area (Å²) in [5.74, 6) is 1.28. The van der Waals surface area contributed by atoms with Crippen molar-refractivity contribution in [3.63, 3.8) is 0 Å². The molecule has 0 spiro atoms. The number of carbonyl (C=O) groups excluding carboxylic acids is 1. The quantitative estimate of drug-likeness (QED) is 0.231. The highest BCUT2D eigenvalue weighted by atomic mass is 35.5. The van der Waals surface area contributed by atoms with E-state index in [1.54, 1.807) is 31.4 Å². The monoisotopic (exact) mass is 526 g/mol. The number of fused-ring (bicyclic) bond motifs is 1. The highest BCUT2D eigenvalue weighted by Crippen LogP contribution is 2.31. The number of nitrogens with one attached hydrogen (secondary N) is 2. The van der Waals surface area contributed by atoms with Gasteiger partial charge in [0.05, 0.1) is 24.0 Å². The molecule has 2 amide bonds. The van der Waals surface area contributed by atoms with Crippen molar-refractivity contribution in [2.45, 2.75) is 0 Å². The van der Waals surface area contributed by atoms with Crippen LogP contribution in [0.3, 0.4) is 0 Å². The van der Waals surface area contributed by atoms with Crippen molar-refractivity contribution in [2.75, 3.05) is 47.5 Å². The van der Waals surface area contributed by atoms with Crippen LogP contribution in [-0.2, 0) is 0 Å². The van der Waals surface area contributed by atoms with Gasteiger partial charge in [-0.3, -0.25) is 0 Å². The Balaban J connectivity index is 1.59. The summed E-state index contributed by atoms with van der Waals surface area (Å²) in [6, 6.07) is 20.3. The summed E-state index contributed by atoms with van der Waals surface area (Å²) in [5, 5.41) is 6.49. The van der Waals surface area contributed by atoms with Crippen molar-refractivity contribution in [3.05, 3.63) is 78.6 Å². The van der Waals surface area contributed by atoms with Crippen LogP contribution >= 0.6 is 23.2 Å². The molecule has 0 aliphatic carbocycles. The lowest BCUT2D eigenvalue weighted by Crippen LogP contribution is -2.27.